The first kappa shape index (κ1) is 21.7. The average molecular weight is 421 g/mol. The second kappa shape index (κ2) is 11.3. The third-order valence-electron chi connectivity index (χ3n) is 4.86. The van der Waals surface area contributed by atoms with Crippen LogP contribution in [0.1, 0.15) is 0 Å². The van der Waals surface area contributed by atoms with Crippen molar-refractivity contribution in [2.24, 2.45) is 0 Å². The number of hydrogen-bond donors (Lipinski definition) is 1. The molecular weight excluding hydrogens is 392 g/mol. The number of methoxy groups -OCH3 is 1. The van der Waals surface area contributed by atoms with Gasteiger partial charge < -0.3 is 24.2 Å². The normalized spacial score (nSPS) is 15.9. The number of rotatable bonds is 10. The minimum absolute atomic E-state index is 0.302. The molecule has 158 valence electrons. The molecule has 0 spiro atoms. The van der Waals surface area contributed by atoms with Crippen LogP contribution in [0, 0.1) is 0 Å². The van der Waals surface area contributed by atoms with Gasteiger partial charge in [0.15, 0.2) is 0 Å². The molecule has 1 fully saturated rings. The summed E-state index contributed by atoms with van der Waals surface area (Å²) in [5, 5.41) is 11.0. The zero-order chi connectivity index (χ0) is 20.5. The van der Waals surface area contributed by atoms with Gasteiger partial charge in [0, 0.05) is 49.5 Å². The lowest BCUT2D eigenvalue weighted by molar-refractivity contribution is 0.00717. The third-order valence-corrected chi connectivity index (χ3v) is 5.10. The Morgan fingerprint density at radius 1 is 1.00 bits per heavy atom. The largest absolute Gasteiger partial charge is 0.497 e. The number of benzene rings is 2. The molecule has 2 aromatic rings. The molecule has 0 bridgehead atoms. The van der Waals surface area contributed by atoms with Gasteiger partial charge in [0.1, 0.15) is 18.1 Å². The Bertz CT molecular complexity index is 753. The fourth-order valence-electron chi connectivity index (χ4n) is 3.34. The van der Waals surface area contributed by atoms with Crippen molar-refractivity contribution in [3.8, 4) is 11.5 Å². The van der Waals surface area contributed by atoms with Crippen LogP contribution in [0.3, 0.4) is 0 Å². The minimum atomic E-state index is -0.510. The molecule has 0 radical (unpaired) electrons. The first-order chi connectivity index (χ1) is 14.1. The van der Waals surface area contributed by atoms with Crippen LogP contribution in [0.15, 0.2) is 48.5 Å². The van der Waals surface area contributed by atoms with E-state index in [0.29, 0.717) is 26.4 Å². The number of piperazine rings is 1. The van der Waals surface area contributed by atoms with Gasteiger partial charge in [-0.25, -0.2) is 0 Å². The summed E-state index contributed by atoms with van der Waals surface area (Å²) in [4.78, 5) is 4.59. The number of ether oxygens (including phenoxy) is 3. The second-order valence-corrected chi connectivity index (χ2v) is 7.46. The maximum absolute atomic E-state index is 10.3. The van der Waals surface area contributed by atoms with Gasteiger partial charge in [-0.15, -0.1) is 0 Å². The van der Waals surface area contributed by atoms with Gasteiger partial charge in [0.2, 0.25) is 0 Å². The van der Waals surface area contributed by atoms with Gasteiger partial charge in [-0.3, -0.25) is 4.90 Å². The number of nitrogens with zero attached hydrogens (tertiary/aromatic N) is 2. The molecule has 6 nitrogen and oxygen atoms in total. The molecule has 1 heterocycles. The Balaban J connectivity index is 1.28. The predicted octanol–water partition coefficient (Wildman–Crippen LogP) is 2.93. The Kier molecular flexibility index (Phi) is 8.43. The van der Waals surface area contributed by atoms with Crippen molar-refractivity contribution in [2.45, 2.75) is 6.10 Å². The molecule has 0 aliphatic carbocycles. The molecule has 1 unspecified atom stereocenters. The van der Waals surface area contributed by atoms with Crippen LogP contribution in [0.25, 0.3) is 0 Å². The molecule has 3 rings (SSSR count). The monoisotopic (exact) mass is 420 g/mol. The number of anilines is 1. The summed E-state index contributed by atoms with van der Waals surface area (Å²) < 4.78 is 16.4. The summed E-state index contributed by atoms with van der Waals surface area (Å²) in [6.45, 7) is 5.42. The smallest absolute Gasteiger partial charge is 0.123 e. The van der Waals surface area contributed by atoms with Crippen LogP contribution in [0.5, 0.6) is 11.5 Å². The van der Waals surface area contributed by atoms with E-state index in [2.05, 4.69) is 15.9 Å². The first-order valence-corrected chi connectivity index (χ1v) is 10.3. The van der Waals surface area contributed by atoms with Gasteiger partial charge in [0.05, 0.1) is 26.4 Å². The van der Waals surface area contributed by atoms with E-state index in [-0.39, 0.29) is 0 Å². The number of aliphatic hydroxyl groups is 1. The van der Waals surface area contributed by atoms with Crippen molar-refractivity contribution in [1.82, 2.24) is 4.90 Å². The molecule has 0 saturated carbocycles. The summed E-state index contributed by atoms with van der Waals surface area (Å²) in [7, 11) is 1.63. The standard InChI is InChI=1S/C22H29ClN2O4/c1-27-21-6-3-7-22(15-21)29-13-12-28-17-20(26)16-24-8-10-25(11-9-24)19-5-2-4-18(23)14-19/h2-7,14-15,20,26H,8-13,16-17H2,1H3. The fraction of sp³-hybridized carbons (Fsp3) is 0.455. The van der Waals surface area contributed by atoms with Gasteiger partial charge >= 0.3 is 0 Å². The molecule has 1 saturated heterocycles. The van der Waals surface area contributed by atoms with Crippen LogP contribution >= 0.6 is 11.6 Å². The van der Waals surface area contributed by atoms with E-state index >= 15 is 0 Å². The molecule has 1 N–H and O–H groups in total. The Morgan fingerprint density at radius 2 is 1.76 bits per heavy atom. The fourth-order valence-corrected chi connectivity index (χ4v) is 3.53. The minimum Gasteiger partial charge on any atom is -0.497 e. The van der Waals surface area contributed by atoms with Crippen molar-refractivity contribution in [1.29, 1.82) is 0 Å². The summed E-state index contributed by atoms with van der Waals surface area (Å²) in [5.74, 6) is 1.50. The van der Waals surface area contributed by atoms with Crippen LogP contribution in [-0.2, 0) is 4.74 Å². The van der Waals surface area contributed by atoms with E-state index in [0.717, 1.165) is 48.4 Å². The van der Waals surface area contributed by atoms with Gasteiger partial charge in [0.25, 0.3) is 0 Å². The highest BCUT2D eigenvalue weighted by molar-refractivity contribution is 6.30. The molecule has 0 amide bonds. The van der Waals surface area contributed by atoms with E-state index in [4.69, 9.17) is 25.8 Å². The highest BCUT2D eigenvalue weighted by atomic mass is 35.5. The van der Waals surface area contributed by atoms with Crippen LogP contribution in [0.4, 0.5) is 5.69 Å². The number of hydrogen-bond acceptors (Lipinski definition) is 6. The highest BCUT2D eigenvalue weighted by Crippen LogP contribution is 2.21. The van der Waals surface area contributed by atoms with E-state index in [9.17, 15) is 5.11 Å². The maximum Gasteiger partial charge on any atom is 0.123 e. The lowest BCUT2D eigenvalue weighted by Crippen LogP contribution is -2.49. The van der Waals surface area contributed by atoms with Crippen LogP contribution < -0.4 is 14.4 Å². The third kappa shape index (κ3) is 7.08. The van der Waals surface area contributed by atoms with E-state index in [1.54, 1.807) is 7.11 Å². The average Bonchev–Trinajstić information content (AvgIpc) is 2.74. The van der Waals surface area contributed by atoms with Crippen molar-refractivity contribution in [2.75, 3.05) is 64.6 Å². The van der Waals surface area contributed by atoms with Gasteiger partial charge in [-0.1, -0.05) is 23.7 Å². The Labute approximate surface area is 177 Å². The van der Waals surface area contributed by atoms with Crippen molar-refractivity contribution < 1.29 is 19.3 Å². The molecule has 1 aliphatic heterocycles. The van der Waals surface area contributed by atoms with Crippen molar-refractivity contribution in [3.05, 3.63) is 53.6 Å². The quantitative estimate of drug-likeness (QED) is 0.596. The summed E-state index contributed by atoms with van der Waals surface area (Å²) >= 11 is 6.08. The van der Waals surface area contributed by atoms with E-state index < -0.39 is 6.10 Å². The topological polar surface area (TPSA) is 54.4 Å². The molecule has 1 atom stereocenters. The number of β-amino-alcohol motifs (C(OH)–C–C–N with tert-alkyl or cyclic N) is 1. The molecule has 1 aliphatic rings. The predicted molar refractivity (Wildman–Crippen MR) is 115 cm³/mol. The van der Waals surface area contributed by atoms with E-state index in [1.807, 2.05) is 42.5 Å². The van der Waals surface area contributed by atoms with E-state index in [1.165, 1.54) is 0 Å². The SMILES string of the molecule is COc1cccc(OCCOCC(O)CN2CCN(c3cccc(Cl)c3)CC2)c1. The van der Waals surface area contributed by atoms with Gasteiger partial charge in [-0.05, 0) is 30.3 Å². The summed E-state index contributed by atoms with van der Waals surface area (Å²) in [6, 6.07) is 15.4. The molecular formula is C22H29ClN2O4. The number of aliphatic hydroxyl groups excluding tert-OH is 1. The van der Waals surface area contributed by atoms with Crippen LogP contribution in [-0.4, -0.2) is 75.8 Å². The van der Waals surface area contributed by atoms with Crippen LogP contribution in [0.2, 0.25) is 5.02 Å². The number of halogens is 1. The lowest BCUT2D eigenvalue weighted by Gasteiger charge is -2.36. The van der Waals surface area contributed by atoms with Crippen molar-refractivity contribution in [3.63, 3.8) is 0 Å². The first-order valence-electron chi connectivity index (χ1n) is 9.89. The zero-order valence-corrected chi connectivity index (χ0v) is 17.6. The zero-order valence-electron chi connectivity index (χ0n) is 16.8. The Morgan fingerprint density at radius 3 is 2.52 bits per heavy atom. The Hall–Kier alpha value is -1.99. The molecule has 29 heavy (non-hydrogen) atoms. The lowest BCUT2D eigenvalue weighted by atomic mass is 10.2. The highest BCUT2D eigenvalue weighted by Gasteiger charge is 2.19. The molecule has 0 aromatic heterocycles. The van der Waals surface area contributed by atoms with Gasteiger partial charge in [-0.2, -0.15) is 0 Å². The molecule has 2 aromatic carbocycles. The summed E-state index contributed by atoms with van der Waals surface area (Å²) in [5.41, 5.74) is 1.15. The van der Waals surface area contributed by atoms with Crippen molar-refractivity contribution >= 4 is 17.3 Å². The second-order valence-electron chi connectivity index (χ2n) is 7.02. The summed E-state index contributed by atoms with van der Waals surface area (Å²) in [6.07, 6.45) is -0.510. The molecule has 7 heteroatoms. The maximum atomic E-state index is 10.3.